The van der Waals surface area contributed by atoms with E-state index in [2.05, 4.69) is 0 Å². The summed E-state index contributed by atoms with van der Waals surface area (Å²) in [6.45, 7) is 0. The standard InChI is InChI=1S/C10H7F3I2/c11-10(12,13)7-3-6(5-1-2-5)4-8(14)9(7)15/h3-5H,1-2H2. The molecule has 15 heavy (non-hydrogen) atoms. The van der Waals surface area contributed by atoms with Crippen molar-refractivity contribution in [3.63, 3.8) is 0 Å². The van der Waals surface area contributed by atoms with Gasteiger partial charge in [-0.15, -0.1) is 0 Å². The predicted molar refractivity (Wildman–Crippen MR) is 68.9 cm³/mol. The quantitative estimate of drug-likeness (QED) is 0.554. The molecule has 5 heteroatoms. The van der Waals surface area contributed by atoms with Crippen LogP contribution in [-0.4, -0.2) is 0 Å². The van der Waals surface area contributed by atoms with Crippen LogP contribution in [-0.2, 0) is 6.18 Å². The van der Waals surface area contributed by atoms with Gasteiger partial charge in [0, 0.05) is 7.14 Å². The van der Waals surface area contributed by atoms with Crippen molar-refractivity contribution in [2.24, 2.45) is 0 Å². The van der Waals surface area contributed by atoms with Crippen LogP contribution in [0.15, 0.2) is 12.1 Å². The first-order chi connectivity index (χ1) is 6.89. The molecule has 0 radical (unpaired) electrons. The van der Waals surface area contributed by atoms with Crippen molar-refractivity contribution in [2.75, 3.05) is 0 Å². The van der Waals surface area contributed by atoms with E-state index in [1.54, 1.807) is 22.6 Å². The molecule has 0 atom stereocenters. The van der Waals surface area contributed by atoms with E-state index in [0.717, 1.165) is 18.4 Å². The summed E-state index contributed by atoms with van der Waals surface area (Å²) >= 11 is 3.73. The number of hydrogen-bond acceptors (Lipinski definition) is 0. The average molecular weight is 438 g/mol. The third-order valence-corrected chi connectivity index (χ3v) is 5.45. The molecular weight excluding hydrogens is 431 g/mol. The molecule has 0 heterocycles. The Hall–Kier alpha value is 0.470. The van der Waals surface area contributed by atoms with E-state index in [4.69, 9.17) is 0 Å². The van der Waals surface area contributed by atoms with Crippen LogP contribution < -0.4 is 0 Å². The molecule has 1 aromatic rings. The van der Waals surface area contributed by atoms with E-state index in [1.807, 2.05) is 28.7 Å². The molecule has 1 saturated carbocycles. The predicted octanol–water partition coefficient (Wildman–Crippen LogP) is 4.79. The van der Waals surface area contributed by atoms with Crippen LogP contribution >= 0.6 is 45.2 Å². The van der Waals surface area contributed by atoms with Gasteiger partial charge in [-0.1, -0.05) is 0 Å². The minimum absolute atomic E-state index is 0.310. The Morgan fingerprint density at radius 1 is 1.13 bits per heavy atom. The summed E-state index contributed by atoms with van der Waals surface area (Å²) in [5, 5.41) is 0. The van der Waals surface area contributed by atoms with E-state index >= 15 is 0 Å². The van der Waals surface area contributed by atoms with Crippen LogP contribution in [0.5, 0.6) is 0 Å². The lowest BCUT2D eigenvalue weighted by Gasteiger charge is -2.12. The van der Waals surface area contributed by atoms with Crippen LogP contribution in [0.1, 0.15) is 29.9 Å². The Bertz CT molecular complexity index is 394. The van der Waals surface area contributed by atoms with Crippen molar-refractivity contribution in [1.82, 2.24) is 0 Å². The molecule has 0 nitrogen and oxygen atoms in total. The third-order valence-electron chi connectivity index (χ3n) is 2.40. The summed E-state index contributed by atoms with van der Waals surface area (Å²) in [7, 11) is 0. The molecule has 0 aromatic heterocycles. The van der Waals surface area contributed by atoms with Crippen molar-refractivity contribution in [2.45, 2.75) is 24.9 Å². The Kier molecular flexibility index (Phi) is 3.22. The zero-order chi connectivity index (χ0) is 11.2. The smallest absolute Gasteiger partial charge is 0.166 e. The second-order valence-electron chi connectivity index (χ2n) is 3.64. The molecule has 1 aliphatic rings. The summed E-state index contributed by atoms with van der Waals surface area (Å²) in [5.41, 5.74) is 0.351. The monoisotopic (exact) mass is 438 g/mol. The Balaban J connectivity index is 2.52. The zero-order valence-corrected chi connectivity index (χ0v) is 11.9. The lowest BCUT2D eigenvalue weighted by Crippen LogP contribution is -2.09. The minimum atomic E-state index is -4.23. The van der Waals surface area contributed by atoms with E-state index < -0.39 is 11.7 Å². The molecule has 2 rings (SSSR count). The maximum absolute atomic E-state index is 12.7. The summed E-state index contributed by atoms with van der Waals surface area (Å²) in [6, 6.07) is 3.18. The molecule has 0 saturated heterocycles. The SMILES string of the molecule is FC(F)(F)c1cc(C2CC2)cc(I)c1I. The van der Waals surface area contributed by atoms with Crippen molar-refractivity contribution < 1.29 is 13.2 Å². The van der Waals surface area contributed by atoms with Gasteiger partial charge in [-0.2, -0.15) is 13.2 Å². The fourth-order valence-corrected chi connectivity index (χ4v) is 2.74. The lowest BCUT2D eigenvalue weighted by molar-refractivity contribution is -0.138. The van der Waals surface area contributed by atoms with Gasteiger partial charge in [0.25, 0.3) is 0 Å². The fraction of sp³-hybridized carbons (Fsp3) is 0.400. The lowest BCUT2D eigenvalue weighted by atomic mass is 10.1. The topological polar surface area (TPSA) is 0 Å². The number of alkyl halides is 3. The van der Waals surface area contributed by atoms with E-state index in [9.17, 15) is 13.2 Å². The molecule has 1 fully saturated rings. The van der Waals surface area contributed by atoms with Gasteiger partial charge in [0.15, 0.2) is 0 Å². The van der Waals surface area contributed by atoms with Crippen molar-refractivity contribution in [3.8, 4) is 0 Å². The highest BCUT2D eigenvalue weighted by Crippen LogP contribution is 2.44. The molecule has 1 aromatic carbocycles. The summed E-state index contributed by atoms with van der Waals surface area (Å²) in [6.07, 6.45) is -2.19. The van der Waals surface area contributed by atoms with Crippen molar-refractivity contribution >= 4 is 45.2 Å². The molecule has 0 spiro atoms. The largest absolute Gasteiger partial charge is 0.417 e. The highest BCUT2D eigenvalue weighted by Gasteiger charge is 2.35. The van der Waals surface area contributed by atoms with Crippen LogP contribution in [0.2, 0.25) is 0 Å². The Labute approximate surface area is 113 Å². The molecule has 0 unspecified atom stereocenters. The molecule has 0 N–H and O–H groups in total. The van der Waals surface area contributed by atoms with Gasteiger partial charge in [-0.05, 0) is 81.6 Å². The van der Waals surface area contributed by atoms with Gasteiger partial charge < -0.3 is 0 Å². The molecular formula is C10H7F3I2. The zero-order valence-electron chi connectivity index (χ0n) is 7.54. The Morgan fingerprint density at radius 2 is 1.73 bits per heavy atom. The van der Waals surface area contributed by atoms with E-state index in [-0.39, 0.29) is 0 Å². The van der Waals surface area contributed by atoms with Gasteiger partial charge >= 0.3 is 6.18 Å². The van der Waals surface area contributed by atoms with Gasteiger partial charge in [0.05, 0.1) is 5.56 Å². The maximum atomic E-state index is 12.7. The summed E-state index contributed by atoms with van der Waals surface area (Å²) in [4.78, 5) is 0. The van der Waals surface area contributed by atoms with Gasteiger partial charge in [-0.3, -0.25) is 0 Å². The molecule has 82 valence electrons. The van der Waals surface area contributed by atoms with Crippen molar-refractivity contribution in [3.05, 3.63) is 30.4 Å². The first-order valence-electron chi connectivity index (χ1n) is 4.45. The normalized spacial score (nSPS) is 16.9. The van der Waals surface area contributed by atoms with Crippen LogP contribution in [0, 0.1) is 7.14 Å². The Morgan fingerprint density at radius 3 is 2.20 bits per heavy atom. The molecule has 1 aliphatic carbocycles. The summed E-state index contributed by atoms with van der Waals surface area (Å²) in [5.74, 6) is 0.358. The number of hydrogen-bond donors (Lipinski definition) is 0. The van der Waals surface area contributed by atoms with Crippen LogP contribution in [0.25, 0.3) is 0 Å². The minimum Gasteiger partial charge on any atom is -0.166 e. The number of rotatable bonds is 1. The highest BCUT2D eigenvalue weighted by atomic mass is 127. The number of benzene rings is 1. The van der Waals surface area contributed by atoms with Gasteiger partial charge in [0.1, 0.15) is 0 Å². The van der Waals surface area contributed by atoms with E-state index in [1.165, 1.54) is 6.07 Å². The second-order valence-corrected chi connectivity index (χ2v) is 5.88. The van der Waals surface area contributed by atoms with E-state index in [0.29, 0.717) is 13.1 Å². The molecule has 0 aliphatic heterocycles. The van der Waals surface area contributed by atoms with Gasteiger partial charge in [-0.25, -0.2) is 0 Å². The third kappa shape index (κ3) is 2.59. The van der Waals surface area contributed by atoms with Crippen LogP contribution in [0.4, 0.5) is 13.2 Å². The van der Waals surface area contributed by atoms with Crippen molar-refractivity contribution in [1.29, 1.82) is 0 Å². The molecule has 0 bridgehead atoms. The summed E-state index contributed by atoms with van der Waals surface area (Å²) < 4.78 is 39.1. The van der Waals surface area contributed by atoms with Gasteiger partial charge in [0.2, 0.25) is 0 Å². The average Bonchev–Trinajstić information content (AvgIpc) is 2.90. The number of halogens is 5. The fourth-order valence-electron chi connectivity index (χ4n) is 1.47. The highest BCUT2D eigenvalue weighted by molar-refractivity contribution is 14.1. The van der Waals surface area contributed by atoms with Crippen LogP contribution in [0.3, 0.4) is 0 Å². The second kappa shape index (κ2) is 4.05. The first-order valence-corrected chi connectivity index (χ1v) is 6.61. The molecule has 0 amide bonds. The first kappa shape index (κ1) is 11.9. The maximum Gasteiger partial charge on any atom is 0.417 e.